The molecule has 0 amide bonds. The van der Waals surface area contributed by atoms with E-state index in [9.17, 15) is 0 Å². The summed E-state index contributed by atoms with van der Waals surface area (Å²) in [6.07, 6.45) is 36.4. The number of fused-ring (bicyclic) bond motifs is 4. The molecule has 1 aromatic carbocycles. The van der Waals surface area contributed by atoms with Crippen molar-refractivity contribution < 1.29 is 0 Å². The van der Waals surface area contributed by atoms with Crippen molar-refractivity contribution in [2.24, 2.45) is 0 Å². The van der Waals surface area contributed by atoms with Gasteiger partial charge in [-0.1, -0.05) is 253 Å². The van der Waals surface area contributed by atoms with Crippen molar-refractivity contribution in [3.05, 3.63) is 180 Å². The summed E-state index contributed by atoms with van der Waals surface area (Å²) < 4.78 is 0. The molecule has 0 saturated carbocycles. The molecule has 0 nitrogen and oxygen atoms in total. The van der Waals surface area contributed by atoms with Gasteiger partial charge in [0.25, 0.3) is 0 Å². The minimum absolute atomic E-state index is 1.15. The lowest BCUT2D eigenvalue weighted by Gasteiger charge is -2.16. The fraction of sp³-hybridized carbons (Fsp3) is 0.410. The van der Waals surface area contributed by atoms with Gasteiger partial charge < -0.3 is 0 Å². The van der Waals surface area contributed by atoms with Gasteiger partial charge in [-0.15, -0.1) is 0 Å². The van der Waals surface area contributed by atoms with E-state index < -0.39 is 0 Å². The maximum atomic E-state index is 2.56. The zero-order valence-electron chi connectivity index (χ0n) is 48.8. The first-order valence-electron chi connectivity index (χ1n) is 31.8. The fourth-order valence-electron chi connectivity index (χ4n) is 12.4. The predicted molar refractivity (Wildman–Crippen MR) is 343 cm³/mol. The molecule has 0 radical (unpaired) electrons. The number of benzene rings is 1. The molecule has 8 aliphatic rings. The van der Waals surface area contributed by atoms with Crippen LogP contribution in [0.1, 0.15) is 204 Å². The Balaban J connectivity index is 1.12. The standard InChI is InChI=1S/C78H94/c1-5-9-13-17-21-25-29-59-33-41-63-49-71(50-64(63)42-34-59)75-57-77(73-53-67-45-37-61(38-46-68(67)54-73)31-27-23-19-15-11-7-3)78(74-55-69-47-39-62(40-48-70(69)56-74)32-28-24-20-16-12-8-4)58-76(75)72-51-65-43-35-60(36-44-66(65)52-72)30-26-22-18-14-10-6-2/h33-58H,5-32H2,1-4H3. The van der Waals surface area contributed by atoms with Crippen LogP contribution in [0.5, 0.6) is 0 Å². The molecule has 0 unspecified atom stereocenters. The van der Waals surface area contributed by atoms with Gasteiger partial charge in [0.05, 0.1) is 0 Å². The van der Waals surface area contributed by atoms with E-state index in [1.54, 1.807) is 0 Å². The molecular formula is C78H94. The van der Waals surface area contributed by atoms with Gasteiger partial charge in [-0.3, -0.25) is 0 Å². The summed E-state index contributed by atoms with van der Waals surface area (Å²) >= 11 is 0. The van der Waals surface area contributed by atoms with Crippen LogP contribution in [0.4, 0.5) is 0 Å². The fourth-order valence-corrected chi connectivity index (χ4v) is 12.4. The smallest absolute Gasteiger partial charge is 0.00984 e. The Morgan fingerprint density at radius 1 is 0.167 bits per heavy atom. The van der Waals surface area contributed by atoms with Crippen molar-refractivity contribution in [3.8, 4) is 89.0 Å². The summed E-state index contributed by atoms with van der Waals surface area (Å²) in [5.74, 6) is 0. The molecule has 406 valence electrons. The van der Waals surface area contributed by atoms with Crippen LogP contribution in [0, 0.1) is 0 Å². The van der Waals surface area contributed by atoms with Crippen LogP contribution in [0.25, 0.3) is 89.0 Å². The Bertz CT molecular complexity index is 2540. The van der Waals surface area contributed by atoms with Gasteiger partial charge in [0.2, 0.25) is 0 Å². The van der Waals surface area contributed by atoms with Gasteiger partial charge in [-0.25, -0.2) is 0 Å². The molecule has 0 heteroatoms. The molecule has 0 aromatic heterocycles. The molecule has 0 atom stereocenters. The highest BCUT2D eigenvalue weighted by molar-refractivity contribution is 6.00. The lowest BCUT2D eigenvalue weighted by atomic mass is 9.87. The quantitative estimate of drug-likeness (QED) is 0.0369. The highest BCUT2D eigenvalue weighted by Crippen LogP contribution is 2.48. The Morgan fingerprint density at radius 2 is 0.333 bits per heavy atom. The third-order valence-corrected chi connectivity index (χ3v) is 17.3. The zero-order valence-corrected chi connectivity index (χ0v) is 48.8. The normalized spacial score (nSPS) is 11.7. The molecule has 0 N–H and O–H groups in total. The zero-order chi connectivity index (χ0) is 53.7. The molecule has 1 aromatic rings. The van der Waals surface area contributed by atoms with E-state index in [2.05, 4.69) is 185 Å². The van der Waals surface area contributed by atoms with Gasteiger partial charge >= 0.3 is 0 Å². The topological polar surface area (TPSA) is 0 Å². The van der Waals surface area contributed by atoms with Gasteiger partial charge in [0.1, 0.15) is 0 Å². The van der Waals surface area contributed by atoms with Crippen molar-refractivity contribution in [1.82, 2.24) is 0 Å². The maximum Gasteiger partial charge on any atom is -0.00984 e. The average Bonchev–Trinajstić information content (AvgIpc) is 4.36. The lowest BCUT2D eigenvalue weighted by Crippen LogP contribution is -1.89. The van der Waals surface area contributed by atoms with Gasteiger partial charge in [-0.05, 0) is 223 Å². The third-order valence-electron chi connectivity index (χ3n) is 17.3. The molecule has 9 rings (SSSR count). The Labute approximate surface area is 473 Å². The largest absolute Gasteiger partial charge is 0.0654 e. The van der Waals surface area contributed by atoms with Gasteiger partial charge in [0, 0.05) is 0 Å². The summed E-state index contributed by atoms with van der Waals surface area (Å²) in [6, 6.07) is 63.1. The first kappa shape index (κ1) is 56.7. The maximum absolute atomic E-state index is 2.56. The second kappa shape index (κ2) is 29.8. The Kier molecular flexibility index (Phi) is 21.7. The van der Waals surface area contributed by atoms with E-state index in [0.717, 1.165) is 25.7 Å². The Morgan fingerprint density at radius 3 is 0.513 bits per heavy atom. The molecule has 0 saturated heterocycles. The van der Waals surface area contributed by atoms with E-state index in [0.29, 0.717) is 0 Å². The van der Waals surface area contributed by atoms with Crippen LogP contribution >= 0.6 is 0 Å². The van der Waals surface area contributed by atoms with Crippen LogP contribution in [-0.4, -0.2) is 0 Å². The molecule has 0 aliphatic heterocycles. The second-order valence-corrected chi connectivity index (χ2v) is 23.6. The second-order valence-electron chi connectivity index (χ2n) is 23.6. The van der Waals surface area contributed by atoms with Crippen LogP contribution in [0.3, 0.4) is 0 Å². The summed E-state index contributed by atoms with van der Waals surface area (Å²) in [5, 5.41) is 0. The summed E-state index contributed by atoms with van der Waals surface area (Å²) in [6.45, 7) is 9.22. The van der Waals surface area contributed by atoms with Crippen LogP contribution in [0.2, 0.25) is 0 Å². The predicted octanol–water partition coefficient (Wildman–Crippen LogP) is 24.4. The van der Waals surface area contributed by atoms with Gasteiger partial charge in [0.15, 0.2) is 0 Å². The lowest BCUT2D eigenvalue weighted by molar-refractivity contribution is 0.607. The van der Waals surface area contributed by atoms with E-state index >= 15 is 0 Å². The number of hydrogen-bond acceptors (Lipinski definition) is 0. The highest BCUT2D eigenvalue weighted by Gasteiger charge is 2.22. The molecule has 78 heavy (non-hydrogen) atoms. The monoisotopic (exact) mass is 1030 g/mol. The summed E-state index contributed by atoms with van der Waals surface area (Å²) in [4.78, 5) is 0. The van der Waals surface area contributed by atoms with E-state index in [-0.39, 0.29) is 0 Å². The van der Waals surface area contributed by atoms with Crippen molar-refractivity contribution in [1.29, 1.82) is 0 Å². The van der Waals surface area contributed by atoms with E-state index in [4.69, 9.17) is 0 Å². The Hall–Kier alpha value is -5.98. The number of aryl methyl sites for hydroxylation is 4. The molecule has 8 aliphatic carbocycles. The average molecular weight is 1030 g/mol. The van der Waals surface area contributed by atoms with Crippen molar-refractivity contribution in [3.63, 3.8) is 0 Å². The van der Waals surface area contributed by atoms with Crippen LogP contribution in [-0.2, 0) is 25.7 Å². The van der Waals surface area contributed by atoms with Crippen molar-refractivity contribution >= 4 is 0 Å². The summed E-state index contributed by atoms with van der Waals surface area (Å²) in [7, 11) is 0. The van der Waals surface area contributed by atoms with Crippen molar-refractivity contribution in [2.75, 3.05) is 0 Å². The molecule has 0 heterocycles. The first-order chi connectivity index (χ1) is 38.5. The van der Waals surface area contributed by atoms with E-state index in [1.807, 2.05) is 0 Å². The first-order valence-corrected chi connectivity index (χ1v) is 31.8. The third kappa shape index (κ3) is 15.6. The van der Waals surface area contributed by atoms with E-state index in [1.165, 1.54) is 265 Å². The van der Waals surface area contributed by atoms with Crippen LogP contribution < -0.4 is 0 Å². The molecule has 0 spiro atoms. The number of hydrogen-bond donors (Lipinski definition) is 0. The van der Waals surface area contributed by atoms with Gasteiger partial charge in [-0.2, -0.15) is 0 Å². The number of rotatable bonds is 32. The highest BCUT2D eigenvalue weighted by atomic mass is 14.3. The minimum Gasteiger partial charge on any atom is -0.0654 e. The van der Waals surface area contributed by atoms with Crippen molar-refractivity contribution in [2.45, 2.75) is 207 Å². The molecular weight excluding hydrogens is 937 g/mol. The minimum atomic E-state index is 1.15. The summed E-state index contributed by atoms with van der Waals surface area (Å²) in [5.41, 5.74) is 26.6. The molecule has 0 fully saturated rings. The van der Waals surface area contributed by atoms with Crippen LogP contribution in [0.15, 0.2) is 158 Å². The SMILES string of the molecule is CCCCCCCCc1ccc2cc(-c3cc(-c4cc5ccc(CCCCCCCC)ccc-5c4)c(-c4cc5ccc(CCCCCCCC)ccc-5c4)cc3-c3cc4ccc(CCCCCCCC)ccc-4c3)cc-2cc1. The number of unbranched alkanes of at least 4 members (excludes halogenated alkanes) is 20. The molecule has 0 bridgehead atoms.